The number of anilines is 1. The number of fused-ring (bicyclic) bond motifs is 1. The van der Waals surface area contributed by atoms with E-state index in [1.807, 2.05) is 25.1 Å². The summed E-state index contributed by atoms with van der Waals surface area (Å²) in [5.41, 5.74) is 2.35. The van der Waals surface area contributed by atoms with Crippen molar-refractivity contribution in [2.75, 3.05) is 10.9 Å². The van der Waals surface area contributed by atoms with Crippen molar-refractivity contribution in [3.8, 4) is 0 Å². The van der Waals surface area contributed by atoms with Crippen LogP contribution in [0.25, 0.3) is 17.0 Å². The van der Waals surface area contributed by atoms with E-state index in [4.69, 9.17) is 9.15 Å². The molecule has 0 unspecified atom stereocenters. The second kappa shape index (κ2) is 10.8. The van der Waals surface area contributed by atoms with Crippen LogP contribution in [-0.2, 0) is 26.0 Å². The first-order valence-electron chi connectivity index (χ1n) is 11.9. The number of rotatable bonds is 8. The first-order valence-corrected chi connectivity index (χ1v) is 13.3. The highest BCUT2D eigenvalue weighted by molar-refractivity contribution is 7.93. The van der Waals surface area contributed by atoms with E-state index < -0.39 is 21.9 Å². The van der Waals surface area contributed by atoms with Crippen LogP contribution < -0.4 is 4.31 Å². The fourth-order valence-corrected chi connectivity index (χ4v) is 5.36. The Morgan fingerprint density at radius 3 is 2.32 bits per heavy atom. The molecular weight excluding hydrogens is 490 g/mol. The molecule has 4 rings (SSSR count). The molecule has 0 aliphatic carbocycles. The average molecular weight is 518 g/mol. The van der Waals surface area contributed by atoms with Gasteiger partial charge in [0.25, 0.3) is 15.9 Å². The minimum absolute atomic E-state index is 0.0275. The third-order valence-corrected chi connectivity index (χ3v) is 7.59. The molecule has 0 saturated heterocycles. The molecule has 0 bridgehead atoms. The molecule has 1 aromatic heterocycles. The van der Waals surface area contributed by atoms with Gasteiger partial charge in [-0.3, -0.25) is 4.79 Å². The van der Waals surface area contributed by atoms with Crippen molar-refractivity contribution in [3.05, 3.63) is 101 Å². The zero-order valence-electron chi connectivity index (χ0n) is 20.8. The third-order valence-electron chi connectivity index (χ3n) is 5.85. The topological polar surface area (TPSA) is 93.9 Å². The lowest BCUT2D eigenvalue weighted by Crippen LogP contribution is -2.35. The van der Waals surface area contributed by atoms with Crippen molar-refractivity contribution in [1.82, 2.24) is 0 Å². The van der Waals surface area contributed by atoms with E-state index in [2.05, 4.69) is 0 Å². The Hall–Kier alpha value is -4.17. The number of nitrogens with zero attached hydrogens (tertiary/aromatic N) is 1. The number of esters is 1. The maximum Gasteiger partial charge on any atom is 0.342 e. The molecule has 1 amide bonds. The van der Waals surface area contributed by atoms with E-state index in [9.17, 15) is 18.0 Å². The Kier molecular flexibility index (Phi) is 7.59. The zero-order valence-corrected chi connectivity index (χ0v) is 21.6. The molecule has 0 aliphatic heterocycles. The van der Waals surface area contributed by atoms with Gasteiger partial charge in [-0.1, -0.05) is 49.4 Å². The molecule has 0 N–H and O–H groups in total. The maximum absolute atomic E-state index is 13.8. The standard InChI is InChI=1S/C29H27NO6S/c1-4-21-11-15-24(16-12-21)37(33,34)30(27(31)18-13-22-9-7-6-8-10-22)23-14-17-26-25(19-23)28(20(3)36-26)29(32)35-5-2/h6-19H,4-5H2,1-3H3/b18-13+. The largest absolute Gasteiger partial charge is 0.462 e. The van der Waals surface area contributed by atoms with Crippen molar-refractivity contribution < 1.29 is 27.2 Å². The average Bonchev–Trinajstić information content (AvgIpc) is 3.23. The molecule has 0 radical (unpaired) electrons. The van der Waals surface area contributed by atoms with Crippen molar-refractivity contribution in [1.29, 1.82) is 0 Å². The number of aryl methyl sites for hydroxylation is 2. The van der Waals surface area contributed by atoms with Crippen molar-refractivity contribution in [2.24, 2.45) is 0 Å². The molecular formula is C29H27NO6S. The number of hydrogen-bond donors (Lipinski definition) is 0. The Morgan fingerprint density at radius 1 is 0.973 bits per heavy atom. The highest BCUT2D eigenvalue weighted by Gasteiger charge is 2.31. The first-order chi connectivity index (χ1) is 17.8. The van der Waals surface area contributed by atoms with Gasteiger partial charge >= 0.3 is 5.97 Å². The van der Waals surface area contributed by atoms with Gasteiger partial charge in [-0.05, 0) is 67.8 Å². The van der Waals surface area contributed by atoms with Gasteiger partial charge in [-0.2, -0.15) is 4.31 Å². The van der Waals surface area contributed by atoms with Gasteiger partial charge in [0, 0.05) is 11.5 Å². The van der Waals surface area contributed by atoms with E-state index >= 15 is 0 Å². The zero-order chi connectivity index (χ0) is 26.6. The molecule has 7 nitrogen and oxygen atoms in total. The predicted octanol–water partition coefficient (Wildman–Crippen LogP) is 5.92. The minimum Gasteiger partial charge on any atom is -0.462 e. The summed E-state index contributed by atoms with van der Waals surface area (Å²) in [6, 6.07) is 20.0. The number of ether oxygens (including phenoxy) is 1. The Bertz CT molecular complexity index is 1570. The van der Waals surface area contributed by atoms with Gasteiger partial charge in [0.05, 0.1) is 17.2 Å². The predicted molar refractivity (Wildman–Crippen MR) is 143 cm³/mol. The number of hydrogen-bond acceptors (Lipinski definition) is 6. The summed E-state index contributed by atoms with van der Waals surface area (Å²) >= 11 is 0. The molecule has 0 atom stereocenters. The molecule has 0 saturated carbocycles. The number of sulfonamides is 1. The first kappa shape index (κ1) is 25.9. The second-order valence-corrected chi connectivity index (χ2v) is 10.1. The van der Waals surface area contributed by atoms with Crippen molar-refractivity contribution >= 4 is 44.6 Å². The minimum atomic E-state index is -4.30. The smallest absolute Gasteiger partial charge is 0.342 e. The maximum atomic E-state index is 13.8. The van der Waals surface area contributed by atoms with Crippen molar-refractivity contribution in [2.45, 2.75) is 32.1 Å². The summed E-state index contributed by atoms with van der Waals surface area (Å²) in [5.74, 6) is -1.01. The van der Waals surface area contributed by atoms with Crippen LogP contribution in [0.1, 0.15) is 41.1 Å². The van der Waals surface area contributed by atoms with Gasteiger partial charge in [-0.25, -0.2) is 13.2 Å². The number of benzene rings is 3. The Balaban J connectivity index is 1.86. The quantitative estimate of drug-likeness (QED) is 0.213. The van der Waals surface area contributed by atoms with Gasteiger partial charge < -0.3 is 9.15 Å². The monoisotopic (exact) mass is 517 g/mol. The van der Waals surface area contributed by atoms with Gasteiger partial charge in [0.2, 0.25) is 0 Å². The van der Waals surface area contributed by atoms with Crippen LogP contribution in [0.3, 0.4) is 0 Å². The fraction of sp³-hybridized carbons (Fsp3) is 0.172. The van der Waals surface area contributed by atoms with Crippen LogP contribution in [0.5, 0.6) is 0 Å². The van der Waals surface area contributed by atoms with E-state index in [1.54, 1.807) is 44.2 Å². The molecule has 1 heterocycles. The van der Waals surface area contributed by atoms with Gasteiger partial charge in [-0.15, -0.1) is 0 Å². The summed E-state index contributed by atoms with van der Waals surface area (Å²) in [7, 11) is -4.30. The van der Waals surface area contributed by atoms with Crippen LogP contribution in [0, 0.1) is 6.92 Å². The molecule has 37 heavy (non-hydrogen) atoms. The fourth-order valence-electron chi connectivity index (χ4n) is 3.98. The van der Waals surface area contributed by atoms with Crippen LogP contribution in [0.2, 0.25) is 0 Å². The number of furan rings is 1. The van der Waals surface area contributed by atoms with Crippen LogP contribution in [0.4, 0.5) is 5.69 Å². The lowest BCUT2D eigenvalue weighted by atomic mass is 10.1. The highest BCUT2D eigenvalue weighted by Crippen LogP contribution is 2.33. The molecule has 0 aliphatic rings. The van der Waals surface area contributed by atoms with Crippen LogP contribution in [-0.4, -0.2) is 26.9 Å². The SMILES string of the molecule is CCOC(=O)c1c(C)oc2ccc(N(C(=O)/C=C/c3ccccc3)S(=O)(=O)c3ccc(CC)cc3)cc12. The van der Waals surface area contributed by atoms with Crippen LogP contribution >= 0.6 is 0 Å². The van der Waals surface area contributed by atoms with E-state index in [0.29, 0.717) is 16.7 Å². The lowest BCUT2D eigenvalue weighted by Gasteiger charge is -2.22. The summed E-state index contributed by atoms with van der Waals surface area (Å²) < 4.78 is 39.2. The molecule has 8 heteroatoms. The molecule has 190 valence electrons. The summed E-state index contributed by atoms with van der Waals surface area (Å²) in [6.45, 7) is 5.46. The van der Waals surface area contributed by atoms with Gasteiger partial charge in [0.15, 0.2) is 0 Å². The van der Waals surface area contributed by atoms with Gasteiger partial charge in [0.1, 0.15) is 16.9 Å². The number of carbonyl (C=O) groups is 2. The molecule has 3 aromatic carbocycles. The third kappa shape index (κ3) is 5.34. The second-order valence-electron chi connectivity index (χ2n) is 8.28. The number of amides is 1. The lowest BCUT2D eigenvalue weighted by molar-refractivity contribution is -0.113. The summed E-state index contributed by atoms with van der Waals surface area (Å²) in [5, 5.41) is 0.356. The summed E-state index contributed by atoms with van der Waals surface area (Å²) in [4.78, 5) is 26.0. The number of carbonyl (C=O) groups excluding carboxylic acids is 2. The van der Waals surface area contributed by atoms with E-state index in [0.717, 1.165) is 21.9 Å². The van der Waals surface area contributed by atoms with Crippen LogP contribution in [0.15, 0.2) is 88.2 Å². The molecule has 0 spiro atoms. The van der Waals surface area contributed by atoms with Crippen molar-refractivity contribution in [3.63, 3.8) is 0 Å². The molecule has 0 fully saturated rings. The Morgan fingerprint density at radius 2 is 1.68 bits per heavy atom. The Labute approximate surface area is 216 Å². The molecule has 4 aromatic rings. The summed E-state index contributed by atoms with van der Waals surface area (Å²) in [6.07, 6.45) is 3.51. The normalized spacial score (nSPS) is 11.6. The highest BCUT2D eigenvalue weighted by atomic mass is 32.2. The van der Waals surface area contributed by atoms with E-state index in [1.165, 1.54) is 36.4 Å². The van der Waals surface area contributed by atoms with E-state index in [-0.39, 0.29) is 22.8 Å².